The molecule has 1 fully saturated rings. The smallest absolute Gasteiger partial charge is 0.246 e. The normalized spacial score (nSPS) is 14.5. The summed E-state index contributed by atoms with van der Waals surface area (Å²) in [6.45, 7) is 6.47. The van der Waals surface area contributed by atoms with Gasteiger partial charge in [0.05, 0.1) is 18.4 Å². The molecule has 2 N–H and O–H groups in total. The molecule has 1 aromatic carbocycles. The van der Waals surface area contributed by atoms with Crippen molar-refractivity contribution in [1.29, 1.82) is 0 Å². The Hall–Kier alpha value is -3.56. The molecule has 2 heterocycles. The van der Waals surface area contributed by atoms with Gasteiger partial charge in [0, 0.05) is 51.6 Å². The maximum atomic E-state index is 12.7. The molecule has 2 aromatic rings. The molecule has 0 saturated carbocycles. The van der Waals surface area contributed by atoms with E-state index in [-0.39, 0.29) is 18.4 Å². The van der Waals surface area contributed by atoms with Gasteiger partial charge in [0.2, 0.25) is 11.8 Å². The number of ether oxygens (including phenoxy) is 1. The van der Waals surface area contributed by atoms with Crippen LogP contribution >= 0.6 is 0 Å². The molecular weight excluding hydrogens is 398 g/mol. The van der Waals surface area contributed by atoms with Crippen LogP contribution < -0.4 is 20.3 Å². The topological polar surface area (TPSA) is 104 Å². The van der Waals surface area contributed by atoms with Crippen LogP contribution in [0.1, 0.15) is 13.8 Å². The molecule has 10 nitrogen and oxygen atoms in total. The number of anilines is 2. The fourth-order valence-corrected chi connectivity index (χ4v) is 3.28. The number of carbonyl (C=O) groups excluding carboxylic acids is 2. The Balaban J connectivity index is 1.54. The van der Waals surface area contributed by atoms with Gasteiger partial charge in [-0.05, 0) is 19.1 Å². The maximum Gasteiger partial charge on any atom is 0.246 e. The van der Waals surface area contributed by atoms with E-state index in [0.717, 1.165) is 5.69 Å². The van der Waals surface area contributed by atoms with Crippen molar-refractivity contribution < 1.29 is 14.3 Å². The standard InChI is InChI=1S/C21H29N7O3/c1-4-22-21(23-8-11-31-19-7-5-6-17(12-19)25-16(2)29)27-9-10-28(20(30)15-27)18-13-24-26(3)14-18/h5-7,12-14H,4,8-11,15H2,1-3H3,(H,22,23)(H,25,29). The van der Waals surface area contributed by atoms with Crippen molar-refractivity contribution in [2.45, 2.75) is 13.8 Å². The van der Waals surface area contributed by atoms with Crippen LogP contribution in [0, 0.1) is 0 Å². The summed E-state index contributed by atoms with van der Waals surface area (Å²) in [5, 5.41) is 10.1. The zero-order valence-corrected chi connectivity index (χ0v) is 18.2. The maximum absolute atomic E-state index is 12.7. The highest BCUT2D eigenvalue weighted by molar-refractivity contribution is 5.98. The Bertz CT molecular complexity index is 941. The molecule has 10 heteroatoms. The van der Waals surface area contributed by atoms with Crippen LogP contribution in [-0.4, -0.2) is 71.8 Å². The first-order valence-electron chi connectivity index (χ1n) is 10.3. The third-order valence-electron chi connectivity index (χ3n) is 4.63. The number of guanidine groups is 1. The number of aryl methyl sites for hydroxylation is 1. The molecule has 1 aromatic heterocycles. The molecule has 2 amide bonds. The third kappa shape index (κ3) is 6.21. The average Bonchev–Trinajstić information content (AvgIpc) is 3.16. The van der Waals surface area contributed by atoms with Gasteiger partial charge in [0.25, 0.3) is 0 Å². The number of hydrogen-bond donors (Lipinski definition) is 2. The summed E-state index contributed by atoms with van der Waals surface area (Å²) in [6.07, 6.45) is 3.54. The molecule has 1 saturated heterocycles. The number of carbonyl (C=O) groups is 2. The summed E-state index contributed by atoms with van der Waals surface area (Å²) in [5.41, 5.74) is 1.50. The first kappa shape index (κ1) is 22.1. The first-order valence-corrected chi connectivity index (χ1v) is 10.3. The highest BCUT2D eigenvalue weighted by atomic mass is 16.5. The second-order valence-electron chi connectivity index (χ2n) is 7.13. The lowest BCUT2D eigenvalue weighted by Crippen LogP contribution is -2.55. The molecule has 1 aliphatic heterocycles. The Morgan fingerprint density at radius 3 is 2.84 bits per heavy atom. The van der Waals surface area contributed by atoms with Crippen molar-refractivity contribution in [3.8, 4) is 5.75 Å². The van der Waals surface area contributed by atoms with Gasteiger partial charge >= 0.3 is 0 Å². The fourth-order valence-electron chi connectivity index (χ4n) is 3.28. The van der Waals surface area contributed by atoms with Crippen LogP contribution in [-0.2, 0) is 16.6 Å². The van der Waals surface area contributed by atoms with Gasteiger partial charge in [-0.1, -0.05) is 6.07 Å². The number of amides is 2. The minimum absolute atomic E-state index is 0.0101. The second kappa shape index (κ2) is 10.5. The average molecular weight is 428 g/mol. The summed E-state index contributed by atoms with van der Waals surface area (Å²) < 4.78 is 7.44. The van der Waals surface area contributed by atoms with Gasteiger partial charge in [0.1, 0.15) is 18.9 Å². The van der Waals surface area contributed by atoms with E-state index in [1.165, 1.54) is 6.92 Å². The van der Waals surface area contributed by atoms with E-state index in [0.29, 0.717) is 50.2 Å². The van der Waals surface area contributed by atoms with E-state index in [1.807, 2.05) is 37.2 Å². The van der Waals surface area contributed by atoms with Crippen LogP contribution in [0.3, 0.4) is 0 Å². The Kier molecular flexibility index (Phi) is 7.47. The van der Waals surface area contributed by atoms with E-state index in [1.54, 1.807) is 27.9 Å². The van der Waals surface area contributed by atoms with Crippen molar-refractivity contribution in [2.24, 2.45) is 12.0 Å². The number of piperazine rings is 1. The van der Waals surface area contributed by atoms with Gasteiger partial charge < -0.3 is 25.2 Å². The summed E-state index contributed by atoms with van der Waals surface area (Å²) in [4.78, 5) is 32.2. The van der Waals surface area contributed by atoms with Crippen LogP contribution in [0.25, 0.3) is 0 Å². The zero-order valence-electron chi connectivity index (χ0n) is 18.2. The molecule has 0 radical (unpaired) electrons. The third-order valence-corrected chi connectivity index (χ3v) is 4.63. The number of benzene rings is 1. The van der Waals surface area contributed by atoms with Crippen LogP contribution in [0.2, 0.25) is 0 Å². The fraction of sp³-hybridized carbons (Fsp3) is 0.429. The molecule has 31 heavy (non-hydrogen) atoms. The zero-order chi connectivity index (χ0) is 22.2. The van der Waals surface area contributed by atoms with Gasteiger partial charge in [-0.3, -0.25) is 14.3 Å². The molecular formula is C21H29N7O3. The quantitative estimate of drug-likeness (QED) is 0.389. The van der Waals surface area contributed by atoms with Gasteiger partial charge in [-0.15, -0.1) is 0 Å². The van der Waals surface area contributed by atoms with Gasteiger partial charge in [0.15, 0.2) is 5.96 Å². The van der Waals surface area contributed by atoms with E-state index < -0.39 is 0 Å². The first-order chi connectivity index (χ1) is 15.0. The van der Waals surface area contributed by atoms with Crippen LogP contribution in [0.5, 0.6) is 5.75 Å². The molecule has 0 atom stereocenters. The number of aromatic nitrogens is 2. The Morgan fingerprint density at radius 2 is 2.16 bits per heavy atom. The second-order valence-corrected chi connectivity index (χ2v) is 7.13. The Morgan fingerprint density at radius 1 is 1.32 bits per heavy atom. The molecule has 166 valence electrons. The minimum Gasteiger partial charge on any atom is -0.492 e. The molecule has 3 rings (SSSR count). The number of aliphatic imine (C=N–C) groups is 1. The molecule has 0 aliphatic carbocycles. The number of rotatable bonds is 7. The lowest BCUT2D eigenvalue weighted by Gasteiger charge is -2.35. The van der Waals surface area contributed by atoms with Crippen molar-refractivity contribution >= 4 is 29.1 Å². The van der Waals surface area contributed by atoms with Gasteiger partial charge in [-0.25, -0.2) is 4.99 Å². The number of nitrogens with zero attached hydrogens (tertiary/aromatic N) is 5. The lowest BCUT2D eigenvalue weighted by atomic mass is 10.3. The highest BCUT2D eigenvalue weighted by Crippen LogP contribution is 2.18. The van der Waals surface area contributed by atoms with E-state index in [4.69, 9.17) is 4.74 Å². The highest BCUT2D eigenvalue weighted by Gasteiger charge is 2.27. The Labute approximate surface area is 181 Å². The van der Waals surface area contributed by atoms with Crippen molar-refractivity contribution in [1.82, 2.24) is 20.0 Å². The minimum atomic E-state index is -0.129. The molecule has 0 unspecified atom stereocenters. The largest absolute Gasteiger partial charge is 0.492 e. The summed E-state index contributed by atoms with van der Waals surface area (Å²) in [6, 6.07) is 7.22. The van der Waals surface area contributed by atoms with Crippen molar-refractivity contribution in [3.63, 3.8) is 0 Å². The van der Waals surface area contributed by atoms with Crippen LogP contribution in [0.15, 0.2) is 41.7 Å². The van der Waals surface area contributed by atoms with E-state index in [9.17, 15) is 9.59 Å². The monoisotopic (exact) mass is 427 g/mol. The number of nitrogens with one attached hydrogen (secondary N) is 2. The molecule has 0 spiro atoms. The predicted octanol–water partition coefficient (Wildman–Crippen LogP) is 1.07. The molecule has 0 bridgehead atoms. The molecule has 1 aliphatic rings. The SMILES string of the molecule is CCNC(=NCCOc1cccc(NC(C)=O)c1)N1CCN(c2cnn(C)c2)C(=O)C1. The van der Waals surface area contributed by atoms with E-state index in [2.05, 4.69) is 20.7 Å². The summed E-state index contributed by atoms with van der Waals surface area (Å²) in [7, 11) is 1.83. The van der Waals surface area contributed by atoms with Gasteiger partial charge in [-0.2, -0.15) is 5.10 Å². The van der Waals surface area contributed by atoms with Crippen molar-refractivity contribution in [3.05, 3.63) is 36.7 Å². The number of hydrogen-bond acceptors (Lipinski definition) is 5. The lowest BCUT2D eigenvalue weighted by molar-refractivity contribution is -0.120. The summed E-state index contributed by atoms with van der Waals surface area (Å²) in [5.74, 6) is 1.23. The van der Waals surface area contributed by atoms with E-state index >= 15 is 0 Å². The van der Waals surface area contributed by atoms with Crippen LogP contribution in [0.4, 0.5) is 11.4 Å². The summed E-state index contributed by atoms with van der Waals surface area (Å²) >= 11 is 0. The van der Waals surface area contributed by atoms with Crippen molar-refractivity contribution in [2.75, 3.05) is 49.5 Å². The predicted molar refractivity (Wildman–Crippen MR) is 119 cm³/mol.